The van der Waals surface area contributed by atoms with Crippen LogP contribution in [0.4, 0.5) is 0 Å². The van der Waals surface area contributed by atoms with E-state index in [4.69, 9.17) is 4.12 Å². The molecule has 0 bridgehead atoms. The van der Waals surface area contributed by atoms with Gasteiger partial charge in [0, 0.05) is 32.3 Å². The number of piperazine rings is 1. The van der Waals surface area contributed by atoms with E-state index in [2.05, 4.69) is 43.0 Å². The second-order valence-corrected chi connectivity index (χ2v) is 14.9. The van der Waals surface area contributed by atoms with Crippen molar-refractivity contribution in [2.24, 2.45) is 0 Å². The minimum atomic E-state index is -1.47. The Morgan fingerprint density at radius 3 is 2.07 bits per heavy atom. The molecule has 1 saturated heterocycles. The molecular formula is C10H26N2OSi2. The Hall–Kier alpha value is 0.314. The van der Waals surface area contributed by atoms with E-state index in [0.29, 0.717) is 0 Å². The average Bonchev–Trinajstić information content (AvgIpc) is 1.99. The molecule has 0 spiro atoms. The summed E-state index contributed by atoms with van der Waals surface area (Å²) in [5.74, 6) is 0. The molecule has 0 aliphatic carbocycles. The maximum atomic E-state index is 6.34. The van der Waals surface area contributed by atoms with Gasteiger partial charge >= 0.3 is 0 Å². The highest BCUT2D eigenvalue weighted by molar-refractivity contribution is 6.84. The SMILES string of the molecule is C[Si](C)(C)O[Si](C)(C)CN1CCNCC1. The fourth-order valence-electron chi connectivity index (χ4n) is 2.27. The molecule has 0 radical (unpaired) electrons. The number of nitrogens with one attached hydrogen (secondary N) is 1. The molecule has 0 amide bonds. The summed E-state index contributed by atoms with van der Waals surface area (Å²) in [6.07, 6.45) is 1.19. The van der Waals surface area contributed by atoms with Crippen LogP contribution in [0.1, 0.15) is 0 Å². The zero-order chi connectivity index (χ0) is 11.5. The largest absolute Gasteiger partial charge is 0.455 e. The number of hydrogen-bond acceptors (Lipinski definition) is 3. The molecule has 0 saturated carbocycles. The van der Waals surface area contributed by atoms with Crippen LogP contribution in [0.5, 0.6) is 0 Å². The van der Waals surface area contributed by atoms with Crippen LogP contribution in [-0.4, -0.2) is 53.9 Å². The van der Waals surface area contributed by atoms with E-state index >= 15 is 0 Å². The second-order valence-electron chi connectivity index (χ2n) is 6.00. The van der Waals surface area contributed by atoms with Crippen LogP contribution in [0.3, 0.4) is 0 Å². The molecule has 1 aliphatic heterocycles. The Labute approximate surface area is 96.4 Å². The molecule has 0 unspecified atom stereocenters. The molecule has 15 heavy (non-hydrogen) atoms. The summed E-state index contributed by atoms with van der Waals surface area (Å²) >= 11 is 0. The van der Waals surface area contributed by atoms with E-state index in [9.17, 15) is 0 Å². The standard InChI is InChI=1S/C10H26N2OSi2/c1-14(2,3)13-15(4,5)10-12-8-6-11-7-9-12/h11H,6-10H2,1-5H3. The number of nitrogens with zero attached hydrogens (tertiary/aromatic N) is 1. The lowest BCUT2D eigenvalue weighted by Crippen LogP contribution is -2.54. The van der Waals surface area contributed by atoms with Crippen molar-refractivity contribution < 1.29 is 4.12 Å². The fourth-order valence-corrected chi connectivity index (χ4v) is 10.6. The first-order valence-electron chi connectivity index (χ1n) is 5.92. The lowest BCUT2D eigenvalue weighted by molar-refractivity contribution is 0.264. The molecule has 1 N–H and O–H groups in total. The van der Waals surface area contributed by atoms with Gasteiger partial charge in [0.15, 0.2) is 16.6 Å². The maximum absolute atomic E-state index is 6.34. The van der Waals surface area contributed by atoms with Gasteiger partial charge in [-0.05, 0) is 32.7 Å². The summed E-state index contributed by atoms with van der Waals surface area (Å²) < 4.78 is 6.34. The topological polar surface area (TPSA) is 24.5 Å². The average molecular weight is 247 g/mol. The minimum absolute atomic E-state index is 1.14. The van der Waals surface area contributed by atoms with Crippen molar-refractivity contribution in [3.8, 4) is 0 Å². The Kier molecular flexibility index (Phi) is 4.55. The normalized spacial score (nSPS) is 20.6. The van der Waals surface area contributed by atoms with Crippen LogP contribution < -0.4 is 5.32 Å². The zero-order valence-corrected chi connectivity index (χ0v) is 12.9. The first-order valence-corrected chi connectivity index (χ1v) is 12.4. The van der Waals surface area contributed by atoms with Crippen LogP contribution in [0.25, 0.3) is 0 Å². The third-order valence-corrected chi connectivity index (χ3v) is 8.27. The first kappa shape index (κ1) is 13.4. The van der Waals surface area contributed by atoms with E-state index in [1.54, 1.807) is 0 Å². The van der Waals surface area contributed by atoms with E-state index in [-0.39, 0.29) is 0 Å². The number of rotatable bonds is 4. The summed E-state index contributed by atoms with van der Waals surface area (Å²) in [5.41, 5.74) is 0. The predicted molar refractivity (Wildman–Crippen MR) is 71.2 cm³/mol. The summed E-state index contributed by atoms with van der Waals surface area (Å²) in [4.78, 5) is 2.56. The zero-order valence-electron chi connectivity index (χ0n) is 10.9. The smallest absolute Gasteiger partial charge is 0.187 e. The van der Waals surface area contributed by atoms with E-state index < -0.39 is 16.6 Å². The molecule has 1 aliphatic rings. The Balaban J connectivity index is 2.40. The van der Waals surface area contributed by atoms with Crippen molar-refractivity contribution in [2.75, 3.05) is 32.3 Å². The van der Waals surface area contributed by atoms with Crippen LogP contribution in [0.15, 0.2) is 0 Å². The van der Waals surface area contributed by atoms with Gasteiger partial charge < -0.3 is 14.3 Å². The third-order valence-electron chi connectivity index (χ3n) is 2.40. The van der Waals surface area contributed by atoms with Crippen LogP contribution in [-0.2, 0) is 4.12 Å². The molecule has 1 heterocycles. The molecule has 5 heteroatoms. The predicted octanol–water partition coefficient (Wildman–Crippen LogP) is 1.49. The van der Waals surface area contributed by atoms with Crippen molar-refractivity contribution in [3.05, 3.63) is 0 Å². The van der Waals surface area contributed by atoms with Crippen molar-refractivity contribution in [1.29, 1.82) is 0 Å². The monoisotopic (exact) mass is 246 g/mol. The Morgan fingerprint density at radius 1 is 1.07 bits per heavy atom. The fraction of sp³-hybridized carbons (Fsp3) is 1.00. The van der Waals surface area contributed by atoms with Gasteiger partial charge in [-0.1, -0.05) is 0 Å². The van der Waals surface area contributed by atoms with Gasteiger partial charge in [-0.3, -0.25) is 0 Å². The van der Waals surface area contributed by atoms with E-state index in [0.717, 1.165) is 13.1 Å². The van der Waals surface area contributed by atoms with Crippen LogP contribution in [0.2, 0.25) is 32.7 Å². The first-order chi connectivity index (χ1) is 6.79. The third kappa shape index (κ3) is 5.82. The molecule has 0 aromatic carbocycles. The number of hydrogen-bond donors (Lipinski definition) is 1. The molecule has 1 rings (SSSR count). The molecule has 0 aromatic heterocycles. The Bertz CT molecular complexity index is 198. The molecule has 3 nitrogen and oxygen atoms in total. The summed E-state index contributed by atoms with van der Waals surface area (Å²) in [5, 5.41) is 3.39. The summed E-state index contributed by atoms with van der Waals surface area (Å²) in [6.45, 7) is 16.2. The minimum Gasteiger partial charge on any atom is -0.455 e. The van der Waals surface area contributed by atoms with E-state index in [1.165, 1.54) is 19.3 Å². The lowest BCUT2D eigenvalue weighted by Gasteiger charge is -2.37. The van der Waals surface area contributed by atoms with Crippen LogP contribution in [0, 0.1) is 0 Å². The van der Waals surface area contributed by atoms with Crippen molar-refractivity contribution in [1.82, 2.24) is 10.2 Å². The molecule has 90 valence electrons. The maximum Gasteiger partial charge on any atom is 0.187 e. The lowest BCUT2D eigenvalue weighted by atomic mass is 10.4. The molecular weight excluding hydrogens is 220 g/mol. The highest BCUT2D eigenvalue weighted by Gasteiger charge is 2.31. The quantitative estimate of drug-likeness (QED) is 0.761. The van der Waals surface area contributed by atoms with E-state index in [1.807, 2.05) is 0 Å². The van der Waals surface area contributed by atoms with Gasteiger partial charge in [-0.2, -0.15) is 0 Å². The van der Waals surface area contributed by atoms with Gasteiger partial charge in [-0.25, -0.2) is 0 Å². The second kappa shape index (κ2) is 5.10. The van der Waals surface area contributed by atoms with Gasteiger partial charge in [0.25, 0.3) is 0 Å². The van der Waals surface area contributed by atoms with Crippen LogP contribution >= 0.6 is 0 Å². The van der Waals surface area contributed by atoms with Gasteiger partial charge in [0.2, 0.25) is 0 Å². The van der Waals surface area contributed by atoms with Gasteiger partial charge in [0.1, 0.15) is 0 Å². The summed E-state index contributed by atoms with van der Waals surface area (Å²) in [6, 6.07) is 0. The summed E-state index contributed by atoms with van der Waals surface area (Å²) in [7, 11) is -2.82. The highest BCUT2D eigenvalue weighted by Crippen LogP contribution is 2.15. The molecule has 1 fully saturated rings. The van der Waals surface area contributed by atoms with Crippen molar-refractivity contribution in [3.63, 3.8) is 0 Å². The van der Waals surface area contributed by atoms with Gasteiger partial charge in [-0.15, -0.1) is 0 Å². The van der Waals surface area contributed by atoms with Crippen molar-refractivity contribution >= 4 is 16.6 Å². The van der Waals surface area contributed by atoms with Gasteiger partial charge in [0.05, 0.1) is 0 Å². The molecule has 0 aromatic rings. The molecule has 0 atom stereocenters. The Morgan fingerprint density at radius 2 is 1.60 bits per heavy atom. The highest BCUT2D eigenvalue weighted by atomic mass is 28.4. The van der Waals surface area contributed by atoms with Crippen molar-refractivity contribution in [2.45, 2.75) is 32.7 Å².